The molecule has 4 aromatic rings. The van der Waals surface area contributed by atoms with Gasteiger partial charge in [0.1, 0.15) is 16.6 Å². The molecule has 0 amide bonds. The number of nitrogen functional groups attached to an aromatic ring is 3. The molecule has 0 aliphatic carbocycles. The van der Waals surface area contributed by atoms with Crippen molar-refractivity contribution in [1.29, 1.82) is 0 Å². The van der Waals surface area contributed by atoms with Gasteiger partial charge in [-0.2, -0.15) is 0 Å². The maximum atomic E-state index is 5.79. The quantitative estimate of drug-likeness (QED) is 0.458. The van der Waals surface area contributed by atoms with Crippen LogP contribution in [0.25, 0.3) is 30.6 Å². The van der Waals surface area contributed by atoms with Crippen molar-refractivity contribution < 1.29 is 0 Å². The smallest absolute Gasteiger partial charge is 0.181 e. The van der Waals surface area contributed by atoms with E-state index in [2.05, 4.69) is 15.0 Å². The van der Waals surface area contributed by atoms with Gasteiger partial charge in [0, 0.05) is 0 Å². The molecule has 18 heavy (non-hydrogen) atoms. The van der Waals surface area contributed by atoms with Gasteiger partial charge in [-0.05, 0) is 0 Å². The first kappa shape index (κ1) is 10.2. The molecule has 0 unspecified atom stereocenters. The monoisotopic (exact) mass is 294 g/mol. The van der Waals surface area contributed by atoms with Crippen LogP contribution in [0.4, 0.5) is 15.4 Å². The predicted molar refractivity (Wildman–Crippen MR) is 79.2 cm³/mol. The number of fused-ring (bicyclic) bond motifs is 6. The maximum Gasteiger partial charge on any atom is 0.181 e. The number of benzene rings is 1. The highest BCUT2D eigenvalue weighted by molar-refractivity contribution is 7.29. The SMILES string of the molecule is Nc1nc2c(s1)c1nc(N)sc1c1nc(N)sc21. The third-order valence-electron chi connectivity index (χ3n) is 2.58. The molecule has 0 atom stereocenters. The average Bonchev–Trinajstić information content (AvgIpc) is 2.93. The van der Waals surface area contributed by atoms with Crippen LogP contribution < -0.4 is 17.2 Å². The summed E-state index contributed by atoms with van der Waals surface area (Å²) in [5, 5.41) is 1.53. The third-order valence-corrected chi connectivity index (χ3v) is 5.25. The molecule has 3 heterocycles. The van der Waals surface area contributed by atoms with Crippen molar-refractivity contribution in [1.82, 2.24) is 15.0 Å². The zero-order valence-corrected chi connectivity index (χ0v) is 11.2. The van der Waals surface area contributed by atoms with Crippen LogP contribution in [-0.2, 0) is 0 Å². The Kier molecular flexibility index (Phi) is 1.81. The predicted octanol–water partition coefficient (Wildman–Crippen LogP) is 2.26. The molecule has 90 valence electrons. The number of nitrogens with zero attached hydrogens (tertiary/aromatic N) is 3. The number of hydrogen-bond acceptors (Lipinski definition) is 9. The fourth-order valence-corrected chi connectivity index (χ4v) is 4.65. The Bertz CT molecular complexity index is 699. The highest BCUT2D eigenvalue weighted by atomic mass is 32.1. The van der Waals surface area contributed by atoms with Gasteiger partial charge in [-0.15, -0.1) is 0 Å². The number of thiazole rings is 3. The molecule has 0 aliphatic heterocycles. The summed E-state index contributed by atoms with van der Waals surface area (Å²) in [4.78, 5) is 13.0. The van der Waals surface area contributed by atoms with E-state index < -0.39 is 0 Å². The molecule has 9 heteroatoms. The van der Waals surface area contributed by atoms with Gasteiger partial charge in [-0.3, -0.25) is 0 Å². The maximum absolute atomic E-state index is 5.79. The van der Waals surface area contributed by atoms with Gasteiger partial charge < -0.3 is 17.2 Å². The molecule has 0 spiro atoms. The van der Waals surface area contributed by atoms with E-state index in [1.807, 2.05) is 0 Å². The largest absolute Gasteiger partial charge is 0.375 e. The summed E-state index contributed by atoms with van der Waals surface area (Å²) in [6.07, 6.45) is 0. The Labute approximate surface area is 112 Å². The van der Waals surface area contributed by atoms with Crippen LogP contribution in [0.2, 0.25) is 0 Å². The normalized spacial score (nSPS) is 12.0. The topological polar surface area (TPSA) is 117 Å². The Balaban J connectivity index is 2.43. The molecule has 6 nitrogen and oxygen atoms in total. The molecule has 0 aliphatic rings. The van der Waals surface area contributed by atoms with E-state index in [0.29, 0.717) is 15.4 Å². The Morgan fingerprint density at radius 1 is 0.556 bits per heavy atom. The fourth-order valence-electron chi connectivity index (χ4n) is 1.95. The van der Waals surface area contributed by atoms with E-state index in [4.69, 9.17) is 17.2 Å². The first-order chi connectivity index (χ1) is 8.63. The van der Waals surface area contributed by atoms with Crippen LogP contribution in [0.3, 0.4) is 0 Å². The minimum Gasteiger partial charge on any atom is -0.375 e. The highest BCUT2D eigenvalue weighted by Crippen LogP contribution is 2.43. The summed E-state index contributed by atoms with van der Waals surface area (Å²) in [5.41, 5.74) is 19.8. The summed E-state index contributed by atoms with van der Waals surface area (Å²) >= 11 is 4.24. The first-order valence-corrected chi connectivity index (χ1v) is 7.38. The van der Waals surface area contributed by atoms with E-state index in [-0.39, 0.29) is 0 Å². The molecule has 0 fully saturated rings. The highest BCUT2D eigenvalue weighted by Gasteiger charge is 2.19. The van der Waals surface area contributed by atoms with E-state index in [1.54, 1.807) is 0 Å². The minimum atomic E-state index is 0.511. The first-order valence-electron chi connectivity index (χ1n) is 4.93. The molecule has 6 N–H and O–H groups in total. The van der Waals surface area contributed by atoms with Crippen molar-refractivity contribution in [2.24, 2.45) is 0 Å². The number of anilines is 3. The molecule has 1 aromatic carbocycles. The lowest BCUT2D eigenvalue weighted by molar-refractivity contribution is 1.49. The molecular formula is C9H6N6S3. The van der Waals surface area contributed by atoms with Crippen molar-refractivity contribution >= 4 is 80.1 Å². The van der Waals surface area contributed by atoms with Crippen LogP contribution in [0.1, 0.15) is 0 Å². The summed E-state index contributed by atoms with van der Waals surface area (Å²) < 4.78 is 2.85. The van der Waals surface area contributed by atoms with Crippen molar-refractivity contribution in [3.63, 3.8) is 0 Å². The second-order valence-electron chi connectivity index (χ2n) is 3.69. The molecule has 0 radical (unpaired) electrons. The van der Waals surface area contributed by atoms with Gasteiger partial charge in [-0.1, -0.05) is 34.0 Å². The molecular weight excluding hydrogens is 288 g/mol. The standard InChI is InChI=1S/C9H6N6S3/c10-7-13-1-4(16-7)2-6(18-9(12)15-2)3-5(1)17-8(11)14-3/h(H2,10,13)(H2,11,14)(H2,12,15). The zero-order valence-electron chi connectivity index (χ0n) is 8.80. The average molecular weight is 294 g/mol. The van der Waals surface area contributed by atoms with E-state index in [9.17, 15) is 0 Å². The van der Waals surface area contributed by atoms with Gasteiger partial charge in [0.05, 0.1) is 14.1 Å². The Hall–Kier alpha value is -1.71. The summed E-state index contributed by atoms with van der Waals surface area (Å²) in [7, 11) is 0. The molecule has 0 saturated heterocycles. The lowest BCUT2D eigenvalue weighted by Crippen LogP contribution is -1.80. The number of rotatable bonds is 0. The third kappa shape index (κ3) is 1.18. The summed E-state index contributed by atoms with van der Waals surface area (Å²) in [6, 6.07) is 0. The van der Waals surface area contributed by atoms with Gasteiger partial charge in [0.2, 0.25) is 0 Å². The Morgan fingerprint density at radius 3 is 1.11 bits per heavy atom. The number of nitrogens with two attached hydrogens (primary N) is 3. The molecule has 3 aromatic heterocycles. The molecule has 4 rings (SSSR count). The van der Waals surface area contributed by atoms with Gasteiger partial charge in [-0.25, -0.2) is 15.0 Å². The Morgan fingerprint density at radius 2 is 0.833 bits per heavy atom. The van der Waals surface area contributed by atoms with Crippen molar-refractivity contribution in [2.45, 2.75) is 0 Å². The lowest BCUT2D eigenvalue weighted by Gasteiger charge is -1.92. The van der Waals surface area contributed by atoms with Gasteiger partial charge in [0.15, 0.2) is 15.4 Å². The number of aromatic nitrogens is 3. The summed E-state index contributed by atoms with van der Waals surface area (Å²) in [5.74, 6) is 0. The van der Waals surface area contributed by atoms with Crippen LogP contribution in [-0.4, -0.2) is 15.0 Å². The van der Waals surface area contributed by atoms with Crippen molar-refractivity contribution in [2.75, 3.05) is 17.2 Å². The minimum absolute atomic E-state index is 0.511. The summed E-state index contributed by atoms with van der Waals surface area (Å²) in [6.45, 7) is 0. The lowest BCUT2D eigenvalue weighted by atomic mass is 10.3. The number of hydrogen-bond donors (Lipinski definition) is 3. The zero-order chi connectivity index (χ0) is 12.4. The van der Waals surface area contributed by atoms with Crippen LogP contribution >= 0.6 is 34.0 Å². The second-order valence-corrected chi connectivity index (χ2v) is 6.78. The van der Waals surface area contributed by atoms with E-state index >= 15 is 0 Å². The van der Waals surface area contributed by atoms with Crippen LogP contribution in [0, 0.1) is 0 Å². The van der Waals surface area contributed by atoms with Crippen molar-refractivity contribution in [3.05, 3.63) is 0 Å². The van der Waals surface area contributed by atoms with Crippen molar-refractivity contribution in [3.8, 4) is 0 Å². The van der Waals surface area contributed by atoms with Crippen LogP contribution in [0.15, 0.2) is 0 Å². The van der Waals surface area contributed by atoms with E-state index in [0.717, 1.165) is 30.6 Å². The van der Waals surface area contributed by atoms with Gasteiger partial charge in [0.25, 0.3) is 0 Å². The molecule has 0 saturated carbocycles. The van der Waals surface area contributed by atoms with Gasteiger partial charge >= 0.3 is 0 Å². The second kappa shape index (κ2) is 3.19. The fraction of sp³-hybridized carbons (Fsp3) is 0. The molecule has 0 bridgehead atoms. The van der Waals surface area contributed by atoms with E-state index in [1.165, 1.54) is 34.0 Å². The van der Waals surface area contributed by atoms with Crippen LogP contribution in [0.5, 0.6) is 0 Å².